The zero-order valence-electron chi connectivity index (χ0n) is 9.11. The van der Waals surface area contributed by atoms with Crippen molar-refractivity contribution in [1.82, 2.24) is 4.57 Å². The fourth-order valence-electron chi connectivity index (χ4n) is 1.53. The maximum Gasteiger partial charge on any atom is 0.269 e. The van der Waals surface area contributed by atoms with Gasteiger partial charge < -0.3 is 4.57 Å². The lowest BCUT2D eigenvalue weighted by Crippen LogP contribution is -2.23. The molecule has 0 unspecified atom stereocenters. The van der Waals surface area contributed by atoms with Gasteiger partial charge in [0.25, 0.3) is 5.56 Å². The summed E-state index contributed by atoms with van der Waals surface area (Å²) in [5, 5.41) is 8.93. The summed E-state index contributed by atoms with van der Waals surface area (Å²) >= 11 is 4.97. The third-order valence-electron chi connectivity index (χ3n) is 2.44. The second-order valence-electron chi connectivity index (χ2n) is 3.62. The number of thiophene rings is 1. The smallest absolute Gasteiger partial charge is 0.269 e. The van der Waals surface area contributed by atoms with Crippen LogP contribution in [0.3, 0.4) is 0 Å². The van der Waals surface area contributed by atoms with Gasteiger partial charge in [-0.3, -0.25) is 4.79 Å². The van der Waals surface area contributed by atoms with E-state index in [2.05, 4.69) is 15.9 Å². The summed E-state index contributed by atoms with van der Waals surface area (Å²) in [6, 6.07) is 7.66. The third-order valence-corrected chi connectivity index (χ3v) is 4.05. The minimum atomic E-state index is -0.225. The second-order valence-corrected chi connectivity index (χ2v) is 6.17. The van der Waals surface area contributed by atoms with Crippen LogP contribution in [0.25, 0.3) is 0 Å². The number of aryl methyl sites for hydroxylation is 1. The molecule has 2 rings (SSSR count). The van der Waals surface area contributed by atoms with Crippen LogP contribution in [0.4, 0.5) is 0 Å². The SMILES string of the molecule is Cc1ccn(Cc2ccc(Br)s2)c(=O)c1C#N. The van der Waals surface area contributed by atoms with E-state index < -0.39 is 0 Å². The summed E-state index contributed by atoms with van der Waals surface area (Å²) < 4.78 is 2.59. The number of hydrogen-bond donors (Lipinski definition) is 0. The van der Waals surface area contributed by atoms with Crippen LogP contribution in [0.5, 0.6) is 0 Å². The molecule has 0 radical (unpaired) electrons. The number of halogens is 1. The molecule has 3 nitrogen and oxygen atoms in total. The molecular weight excluding hydrogens is 300 g/mol. The molecule has 0 N–H and O–H groups in total. The molecule has 17 heavy (non-hydrogen) atoms. The molecule has 0 spiro atoms. The molecule has 0 saturated heterocycles. The van der Waals surface area contributed by atoms with Gasteiger partial charge in [-0.2, -0.15) is 5.26 Å². The first kappa shape index (κ1) is 12.1. The topological polar surface area (TPSA) is 45.8 Å². The van der Waals surface area contributed by atoms with E-state index in [1.807, 2.05) is 18.2 Å². The van der Waals surface area contributed by atoms with E-state index in [0.717, 1.165) is 14.2 Å². The molecule has 0 aliphatic heterocycles. The standard InChI is InChI=1S/C12H9BrN2OS/c1-8-4-5-15(12(16)10(8)6-14)7-9-2-3-11(13)17-9/h2-5H,7H2,1H3. The maximum atomic E-state index is 12.0. The summed E-state index contributed by atoms with van der Waals surface area (Å²) in [6.45, 7) is 2.27. The Bertz CT molecular complexity index is 651. The van der Waals surface area contributed by atoms with Crippen LogP contribution in [0.15, 0.2) is 33.0 Å². The van der Waals surface area contributed by atoms with E-state index >= 15 is 0 Å². The maximum absolute atomic E-state index is 12.0. The molecule has 2 aromatic heterocycles. The van der Waals surface area contributed by atoms with Gasteiger partial charge in [-0.25, -0.2) is 0 Å². The average molecular weight is 309 g/mol. The lowest BCUT2D eigenvalue weighted by atomic mass is 10.2. The average Bonchev–Trinajstić information content (AvgIpc) is 2.69. The van der Waals surface area contributed by atoms with Crippen molar-refractivity contribution in [1.29, 1.82) is 5.26 Å². The van der Waals surface area contributed by atoms with Crippen LogP contribution >= 0.6 is 27.3 Å². The molecule has 5 heteroatoms. The van der Waals surface area contributed by atoms with Crippen molar-refractivity contribution in [3.05, 3.63) is 54.5 Å². The minimum Gasteiger partial charge on any atom is -0.309 e. The summed E-state index contributed by atoms with van der Waals surface area (Å²) in [7, 11) is 0. The fourth-order valence-corrected chi connectivity index (χ4v) is 3.01. The molecule has 0 aliphatic carbocycles. The van der Waals surface area contributed by atoms with Crippen LogP contribution in [0, 0.1) is 18.3 Å². The zero-order chi connectivity index (χ0) is 12.4. The van der Waals surface area contributed by atoms with E-state index in [1.54, 1.807) is 35.1 Å². The molecule has 86 valence electrons. The predicted molar refractivity (Wildman–Crippen MR) is 71.3 cm³/mol. The molecule has 0 amide bonds. The lowest BCUT2D eigenvalue weighted by molar-refractivity contribution is 0.764. The van der Waals surface area contributed by atoms with E-state index in [1.165, 1.54) is 0 Å². The molecule has 0 aromatic carbocycles. The monoisotopic (exact) mass is 308 g/mol. The van der Waals surface area contributed by atoms with Gasteiger partial charge in [0.15, 0.2) is 0 Å². The number of pyridine rings is 1. The van der Waals surface area contributed by atoms with Crippen molar-refractivity contribution in [2.75, 3.05) is 0 Å². The quantitative estimate of drug-likeness (QED) is 0.856. The Balaban J connectivity index is 2.41. The van der Waals surface area contributed by atoms with Gasteiger partial charge in [-0.05, 0) is 46.6 Å². The van der Waals surface area contributed by atoms with Crippen LogP contribution in [0.1, 0.15) is 16.0 Å². The fraction of sp³-hybridized carbons (Fsp3) is 0.167. The van der Waals surface area contributed by atoms with Gasteiger partial charge in [-0.1, -0.05) is 0 Å². The molecule has 0 bridgehead atoms. The van der Waals surface area contributed by atoms with E-state index in [0.29, 0.717) is 6.54 Å². The van der Waals surface area contributed by atoms with Crippen LogP contribution in [-0.2, 0) is 6.54 Å². The molecule has 0 aliphatic rings. The number of nitriles is 1. The first-order chi connectivity index (χ1) is 8.11. The van der Waals surface area contributed by atoms with Gasteiger partial charge >= 0.3 is 0 Å². The van der Waals surface area contributed by atoms with Crippen molar-refractivity contribution in [2.24, 2.45) is 0 Å². The van der Waals surface area contributed by atoms with Crippen molar-refractivity contribution in [3.8, 4) is 6.07 Å². The van der Waals surface area contributed by atoms with Crippen LogP contribution in [0.2, 0.25) is 0 Å². The Morgan fingerprint density at radius 2 is 2.24 bits per heavy atom. The van der Waals surface area contributed by atoms with Crippen LogP contribution in [-0.4, -0.2) is 4.57 Å². The van der Waals surface area contributed by atoms with Crippen molar-refractivity contribution in [3.63, 3.8) is 0 Å². The van der Waals surface area contributed by atoms with E-state index in [9.17, 15) is 4.79 Å². The van der Waals surface area contributed by atoms with Crippen LogP contribution < -0.4 is 5.56 Å². The largest absolute Gasteiger partial charge is 0.309 e. The Kier molecular flexibility index (Phi) is 3.46. The number of rotatable bonds is 2. The summed E-state index contributed by atoms with van der Waals surface area (Å²) in [6.07, 6.45) is 1.73. The summed E-state index contributed by atoms with van der Waals surface area (Å²) in [5.41, 5.74) is 0.723. The first-order valence-corrected chi connectivity index (χ1v) is 6.57. The lowest BCUT2D eigenvalue weighted by Gasteiger charge is -2.05. The normalized spacial score (nSPS) is 10.2. The highest BCUT2D eigenvalue weighted by Crippen LogP contribution is 2.22. The third kappa shape index (κ3) is 2.48. The molecule has 2 heterocycles. The Morgan fingerprint density at radius 1 is 1.47 bits per heavy atom. The number of aromatic nitrogens is 1. The molecule has 2 aromatic rings. The highest BCUT2D eigenvalue weighted by Gasteiger charge is 2.07. The van der Waals surface area contributed by atoms with E-state index in [4.69, 9.17) is 5.26 Å². The van der Waals surface area contributed by atoms with Gasteiger partial charge in [0, 0.05) is 11.1 Å². The second kappa shape index (κ2) is 4.86. The highest BCUT2D eigenvalue weighted by molar-refractivity contribution is 9.11. The minimum absolute atomic E-state index is 0.225. The molecular formula is C12H9BrN2OS. The molecule has 0 fully saturated rings. The zero-order valence-corrected chi connectivity index (χ0v) is 11.5. The van der Waals surface area contributed by atoms with Crippen molar-refractivity contribution in [2.45, 2.75) is 13.5 Å². The van der Waals surface area contributed by atoms with Gasteiger partial charge in [0.2, 0.25) is 0 Å². The predicted octanol–water partition coefficient (Wildman–Crippen LogP) is 2.90. The first-order valence-electron chi connectivity index (χ1n) is 4.96. The van der Waals surface area contributed by atoms with Gasteiger partial charge in [0.1, 0.15) is 11.6 Å². The molecule has 0 atom stereocenters. The number of nitrogens with zero attached hydrogens (tertiary/aromatic N) is 2. The Hall–Kier alpha value is -1.38. The highest BCUT2D eigenvalue weighted by atomic mass is 79.9. The number of hydrogen-bond acceptors (Lipinski definition) is 3. The van der Waals surface area contributed by atoms with Crippen molar-refractivity contribution >= 4 is 27.3 Å². The van der Waals surface area contributed by atoms with E-state index in [-0.39, 0.29) is 11.1 Å². The Morgan fingerprint density at radius 3 is 2.82 bits per heavy atom. The summed E-state index contributed by atoms with van der Waals surface area (Å²) in [4.78, 5) is 13.0. The Labute approximate surface area is 111 Å². The van der Waals surface area contributed by atoms with Crippen molar-refractivity contribution < 1.29 is 0 Å². The summed E-state index contributed by atoms with van der Waals surface area (Å²) in [5.74, 6) is 0. The van der Waals surface area contributed by atoms with Gasteiger partial charge in [-0.15, -0.1) is 11.3 Å². The van der Waals surface area contributed by atoms with Gasteiger partial charge in [0.05, 0.1) is 10.3 Å². The molecule has 0 saturated carbocycles.